The number of aryl methyl sites for hydroxylation is 1. The second-order valence-corrected chi connectivity index (χ2v) is 6.32. The fraction of sp³-hybridized carbons (Fsp3) is 0.867. The van der Waals surface area contributed by atoms with Crippen molar-refractivity contribution in [3.05, 3.63) is 11.9 Å². The Kier molecular flexibility index (Phi) is 4.36. The highest BCUT2D eigenvalue weighted by atomic mass is 16.5. The van der Waals surface area contributed by atoms with Gasteiger partial charge in [0.1, 0.15) is 0 Å². The lowest BCUT2D eigenvalue weighted by molar-refractivity contribution is -0.115. The van der Waals surface area contributed by atoms with Crippen LogP contribution < -0.4 is 5.73 Å². The molecule has 1 saturated carbocycles. The Labute approximate surface area is 120 Å². The second kappa shape index (κ2) is 6.22. The standard InChI is InChI=1S/C15H26N4O/c16-9-4-5-13-12-19(18-17-13)14-6-10-20-15(11-14)7-2-1-3-8-15/h12,14H,1-11,16H2. The summed E-state index contributed by atoms with van der Waals surface area (Å²) in [7, 11) is 0. The zero-order valence-electron chi connectivity index (χ0n) is 12.3. The zero-order valence-corrected chi connectivity index (χ0v) is 12.3. The summed E-state index contributed by atoms with van der Waals surface area (Å²) in [6, 6.07) is 0.459. The van der Waals surface area contributed by atoms with Gasteiger partial charge in [-0.15, -0.1) is 5.10 Å². The number of hydrogen-bond donors (Lipinski definition) is 1. The van der Waals surface area contributed by atoms with E-state index in [1.807, 2.05) is 0 Å². The van der Waals surface area contributed by atoms with Gasteiger partial charge in [0.15, 0.2) is 0 Å². The van der Waals surface area contributed by atoms with Crippen molar-refractivity contribution in [1.82, 2.24) is 15.0 Å². The average Bonchev–Trinajstić information content (AvgIpc) is 2.95. The van der Waals surface area contributed by atoms with E-state index in [2.05, 4.69) is 21.2 Å². The van der Waals surface area contributed by atoms with Crippen LogP contribution in [0, 0.1) is 0 Å². The molecule has 0 radical (unpaired) electrons. The first-order chi connectivity index (χ1) is 9.81. The van der Waals surface area contributed by atoms with Crippen molar-refractivity contribution in [2.75, 3.05) is 13.2 Å². The Bertz CT molecular complexity index is 420. The van der Waals surface area contributed by atoms with Crippen molar-refractivity contribution < 1.29 is 4.74 Å². The lowest BCUT2D eigenvalue weighted by atomic mass is 9.78. The van der Waals surface area contributed by atoms with Gasteiger partial charge in [-0.1, -0.05) is 24.5 Å². The molecule has 1 aliphatic carbocycles. The molecule has 1 aromatic heterocycles. The van der Waals surface area contributed by atoms with Gasteiger partial charge in [-0.2, -0.15) is 0 Å². The van der Waals surface area contributed by atoms with Crippen molar-refractivity contribution in [2.24, 2.45) is 5.73 Å². The van der Waals surface area contributed by atoms with Crippen LogP contribution in [0.2, 0.25) is 0 Å². The first-order valence-electron chi connectivity index (χ1n) is 8.06. The summed E-state index contributed by atoms with van der Waals surface area (Å²) in [5, 5.41) is 8.62. The highest BCUT2D eigenvalue weighted by Gasteiger charge is 2.39. The maximum Gasteiger partial charge on any atom is 0.0827 e. The van der Waals surface area contributed by atoms with Crippen LogP contribution in [-0.2, 0) is 11.2 Å². The fourth-order valence-corrected chi connectivity index (χ4v) is 3.66. The van der Waals surface area contributed by atoms with Gasteiger partial charge in [0.25, 0.3) is 0 Å². The molecule has 0 amide bonds. The molecule has 2 aliphatic rings. The molecule has 3 rings (SSSR count). The molecule has 2 N–H and O–H groups in total. The van der Waals surface area contributed by atoms with E-state index in [-0.39, 0.29) is 5.60 Å². The van der Waals surface area contributed by atoms with E-state index in [4.69, 9.17) is 10.5 Å². The summed E-state index contributed by atoms with van der Waals surface area (Å²) in [4.78, 5) is 0. The molecule has 2 fully saturated rings. The maximum atomic E-state index is 6.15. The van der Waals surface area contributed by atoms with Crippen LogP contribution in [0.15, 0.2) is 6.20 Å². The van der Waals surface area contributed by atoms with Crippen molar-refractivity contribution in [3.63, 3.8) is 0 Å². The summed E-state index contributed by atoms with van der Waals surface area (Å²) in [6.07, 6.45) is 12.6. The Morgan fingerprint density at radius 1 is 1.35 bits per heavy atom. The lowest BCUT2D eigenvalue weighted by Crippen LogP contribution is -2.42. The van der Waals surface area contributed by atoms with E-state index in [1.165, 1.54) is 32.1 Å². The quantitative estimate of drug-likeness (QED) is 0.917. The van der Waals surface area contributed by atoms with Gasteiger partial charge in [-0.05, 0) is 45.1 Å². The summed E-state index contributed by atoms with van der Waals surface area (Å²) in [5.41, 5.74) is 6.75. The van der Waals surface area contributed by atoms with Crippen molar-refractivity contribution in [2.45, 2.75) is 69.4 Å². The largest absolute Gasteiger partial charge is 0.375 e. The van der Waals surface area contributed by atoms with Gasteiger partial charge in [0.05, 0.1) is 17.3 Å². The van der Waals surface area contributed by atoms with Crippen LogP contribution in [0.1, 0.15) is 63.1 Å². The van der Waals surface area contributed by atoms with Crippen LogP contribution in [0.3, 0.4) is 0 Å². The Morgan fingerprint density at radius 3 is 3.00 bits per heavy atom. The van der Waals surface area contributed by atoms with Crippen molar-refractivity contribution in [3.8, 4) is 0 Å². The summed E-state index contributed by atoms with van der Waals surface area (Å²) in [6.45, 7) is 1.58. The molecule has 0 bridgehead atoms. The van der Waals surface area contributed by atoms with Crippen molar-refractivity contribution in [1.29, 1.82) is 0 Å². The third-order valence-corrected chi connectivity index (χ3v) is 4.80. The first-order valence-corrected chi connectivity index (χ1v) is 8.06. The van der Waals surface area contributed by atoms with Gasteiger partial charge < -0.3 is 10.5 Å². The summed E-state index contributed by atoms with van der Waals surface area (Å²) in [5.74, 6) is 0. The number of nitrogens with zero attached hydrogens (tertiary/aromatic N) is 3. The Morgan fingerprint density at radius 2 is 2.20 bits per heavy atom. The molecule has 1 saturated heterocycles. The molecular weight excluding hydrogens is 252 g/mol. The normalized spacial score (nSPS) is 25.9. The molecule has 1 aromatic rings. The highest BCUT2D eigenvalue weighted by Crippen LogP contribution is 2.41. The molecular formula is C15H26N4O. The molecule has 20 heavy (non-hydrogen) atoms. The predicted molar refractivity (Wildman–Crippen MR) is 77.4 cm³/mol. The molecule has 1 unspecified atom stereocenters. The minimum absolute atomic E-state index is 0.130. The minimum Gasteiger partial charge on any atom is -0.375 e. The number of nitrogens with two attached hydrogens (primary N) is 1. The second-order valence-electron chi connectivity index (χ2n) is 6.32. The molecule has 1 spiro atoms. The van der Waals surface area contributed by atoms with E-state index in [9.17, 15) is 0 Å². The summed E-state index contributed by atoms with van der Waals surface area (Å²) < 4.78 is 8.23. The average molecular weight is 278 g/mol. The van der Waals surface area contributed by atoms with Gasteiger partial charge in [0.2, 0.25) is 0 Å². The zero-order chi connectivity index (χ0) is 13.8. The molecule has 5 nitrogen and oxygen atoms in total. The van der Waals surface area contributed by atoms with E-state index < -0.39 is 0 Å². The molecule has 0 aromatic carbocycles. The van der Waals surface area contributed by atoms with Crippen LogP contribution in [0.5, 0.6) is 0 Å². The molecule has 112 valence electrons. The third kappa shape index (κ3) is 3.04. The number of rotatable bonds is 4. The van der Waals surface area contributed by atoms with E-state index in [0.29, 0.717) is 12.6 Å². The monoisotopic (exact) mass is 278 g/mol. The molecule has 5 heteroatoms. The molecule has 1 atom stereocenters. The number of ether oxygens (including phenoxy) is 1. The van der Waals surface area contributed by atoms with Crippen LogP contribution in [-0.4, -0.2) is 33.7 Å². The van der Waals surface area contributed by atoms with Crippen LogP contribution in [0.4, 0.5) is 0 Å². The smallest absolute Gasteiger partial charge is 0.0827 e. The minimum atomic E-state index is 0.130. The number of hydrogen-bond acceptors (Lipinski definition) is 4. The van der Waals surface area contributed by atoms with Gasteiger partial charge >= 0.3 is 0 Å². The Balaban J connectivity index is 1.65. The van der Waals surface area contributed by atoms with Crippen LogP contribution >= 0.6 is 0 Å². The third-order valence-electron chi connectivity index (χ3n) is 4.80. The maximum absolute atomic E-state index is 6.15. The van der Waals surface area contributed by atoms with Crippen LogP contribution in [0.25, 0.3) is 0 Å². The topological polar surface area (TPSA) is 66.0 Å². The predicted octanol–water partition coefficient (Wildman–Crippen LogP) is 2.22. The lowest BCUT2D eigenvalue weighted by Gasteiger charge is -2.43. The first kappa shape index (κ1) is 14.0. The van der Waals surface area contributed by atoms with E-state index in [1.54, 1.807) is 0 Å². The van der Waals surface area contributed by atoms with Gasteiger partial charge in [0, 0.05) is 12.8 Å². The summed E-state index contributed by atoms with van der Waals surface area (Å²) >= 11 is 0. The van der Waals surface area contributed by atoms with Gasteiger partial charge in [-0.25, -0.2) is 4.68 Å². The SMILES string of the molecule is NCCCc1cn(C2CCOC3(CCCCC3)C2)nn1. The van der Waals surface area contributed by atoms with Gasteiger partial charge in [-0.3, -0.25) is 0 Å². The Hall–Kier alpha value is -0.940. The molecule has 1 aliphatic heterocycles. The molecule has 2 heterocycles. The highest BCUT2D eigenvalue weighted by molar-refractivity contribution is 4.97. The number of aromatic nitrogens is 3. The fourth-order valence-electron chi connectivity index (χ4n) is 3.66. The van der Waals surface area contributed by atoms with E-state index in [0.717, 1.165) is 38.0 Å². The van der Waals surface area contributed by atoms with Crippen molar-refractivity contribution >= 4 is 0 Å². The van der Waals surface area contributed by atoms with E-state index >= 15 is 0 Å².